The number of urea groups is 1. The molecule has 1 aromatic carbocycles. The van der Waals surface area contributed by atoms with Crippen LogP contribution in [0.3, 0.4) is 0 Å². The van der Waals surface area contributed by atoms with E-state index in [2.05, 4.69) is 5.32 Å². The van der Waals surface area contributed by atoms with Gasteiger partial charge in [0.2, 0.25) is 0 Å². The molecule has 2 rings (SSSR count). The molecule has 138 valence electrons. The molecule has 25 heavy (non-hydrogen) atoms. The molecule has 0 spiro atoms. The van der Waals surface area contributed by atoms with Crippen LogP contribution < -0.4 is 5.32 Å². The summed E-state index contributed by atoms with van der Waals surface area (Å²) in [5.41, 5.74) is 1.07. The number of carbonyl (C=O) groups is 2. The van der Waals surface area contributed by atoms with Crippen molar-refractivity contribution in [3.05, 3.63) is 35.9 Å². The van der Waals surface area contributed by atoms with Gasteiger partial charge in [-0.05, 0) is 18.4 Å². The van der Waals surface area contributed by atoms with Gasteiger partial charge >= 0.3 is 12.0 Å². The topological polar surface area (TPSA) is 88.1 Å². The van der Waals surface area contributed by atoms with E-state index in [0.717, 1.165) is 5.56 Å². The van der Waals surface area contributed by atoms with Crippen LogP contribution in [0.1, 0.15) is 18.4 Å². The zero-order chi connectivity index (χ0) is 18.1. The quantitative estimate of drug-likeness (QED) is 0.625. The number of ether oxygens (including phenoxy) is 2. The average Bonchev–Trinajstić information content (AvgIpc) is 2.55. The van der Waals surface area contributed by atoms with E-state index in [0.29, 0.717) is 39.1 Å². The van der Waals surface area contributed by atoms with Crippen molar-refractivity contribution < 1.29 is 24.2 Å². The molecule has 1 atom stereocenters. The predicted molar refractivity (Wildman–Crippen MR) is 92.5 cm³/mol. The van der Waals surface area contributed by atoms with E-state index < -0.39 is 5.97 Å². The summed E-state index contributed by atoms with van der Waals surface area (Å²) >= 11 is 0. The Labute approximate surface area is 147 Å². The molecule has 2 N–H and O–H groups in total. The molecular formula is C18H26N2O5. The Balaban J connectivity index is 1.80. The van der Waals surface area contributed by atoms with Crippen LogP contribution in [-0.4, -0.2) is 67.6 Å². The first-order valence-corrected chi connectivity index (χ1v) is 8.50. The van der Waals surface area contributed by atoms with Crippen molar-refractivity contribution in [1.29, 1.82) is 0 Å². The van der Waals surface area contributed by atoms with Crippen molar-refractivity contribution in [1.82, 2.24) is 10.2 Å². The lowest BCUT2D eigenvalue weighted by atomic mass is 10.0. The van der Waals surface area contributed by atoms with Crippen molar-refractivity contribution in [3.8, 4) is 0 Å². The molecule has 1 fully saturated rings. The second kappa shape index (κ2) is 10.0. The van der Waals surface area contributed by atoms with E-state index in [-0.39, 0.29) is 24.6 Å². The fourth-order valence-corrected chi connectivity index (χ4v) is 2.69. The fourth-order valence-electron chi connectivity index (χ4n) is 2.69. The van der Waals surface area contributed by atoms with Crippen molar-refractivity contribution in [2.45, 2.75) is 31.4 Å². The summed E-state index contributed by atoms with van der Waals surface area (Å²) in [6, 6.07) is 9.37. The van der Waals surface area contributed by atoms with Crippen LogP contribution in [0.4, 0.5) is 4.79 Å². The number of methoxy groups -OCH3 is 1. The zero-order valence-electron chi connectivity index (χ0n) is 14.5. The Kier molecular flexibility index (Phi) is 7.69. The maximum Gasteiger partial charge on any atom is 0.317 e. The molecule has 0 radical (unpaired) electrons. The van der Waals surface area contributed by atoms with Crippen molar-refractivity contribution >= 4 is 12.0 Å². The Morgan fingerprint density at radius 3 is 2.64 bits per heavy atom. The van der Waals surface area contributed by atoms with Gasteiger partial charge in [0.1, 0.15) is 0 Å². The van der Waals surface area contributed by atoms with Gasteiger partial charge in [0.05, 0.1) is 32.4 Å². The third-order valence-corrected chi connectivity index (χ3v) is 4.14. The van der Waals surface area contributed by atoms with E-state index in [1.54, 1.807) is 12.0 Å². The van der Waals surface area contributed by atoms with E-state index >= 15 is 0 Å². The van der Waals surface area contributed by atoms with Gasteiger partial charge in [-0.25, -0.2) is 4.79 Å². The van der Waals surface area contributed by atoms with E-state index in [4.69, 9.17) is 14.6 Å². The first-order chi connectivity index (χ1) is 12.1. The summed E-state index contributed by atoms with van der Waals surface area (Å²) in [5, 5.41) is 11.9. The lowest BCUT2D eigenvalue weighted by Crippen LogP contribution is -2.59. The third-order valence-electron chi connectivity index (χ3n) is 4.14. The molecule has 0 aliphatic carbocycles. The van der Waals surface area contributed by atoms with E-state index in [1.165, 1.54) is 0 Å². The molecule has 0 aromatic heterocycles. The summed E-state index contributed by atoms with van der Waals surface area (Å²) < 4.78 is 10.5. The number of hydrogen-bond acceptors (Lipinski definition) is 4. The minimum absolute atomic E-state index is 0.0283. The zero-order valence-corrected chi connectivity index (χ0v) is 14.5. The van der Waals surface area contributed by atoms with Crippen LogP contribution in [0.25, 0.3) is 0 Å². The number of carboxylic acid groups (broad SMARTS) is 1. The highest BCUT2D eigenvalue weighted by atomic mass is 16.5. The van der Waals surface area contributed by atoms with Crippen LogP contribution in [0.5, 0.6) is 0 Å². The van der Waals surface area contributed by atoms with Gasteiger partial charge < -0.3 is 24.8 Å². The molecule has 1 aliphatic rings. The maximum atomic E-state index is 12.3. The lowest BCUT2D eigenvalue weighted by Gasteiger charge is -2.39. The second-order valence-electron chi connectivity index (χ2n) is 6.16. The molecule has 2 amide bonds. The number of nitrogens with one attached hydrogen (secondary N) is 1. The van der Waals surface area contributed by atoms with Crippen LogP contribution in [0.15, 0.2) is 30.3 Å². The Morgan fingerprint density at radius 1 is 1.28 bits per heavy atom. The molecule has 0 saturated carbocycles. The van der Waals surface area contributed by atoms with Crippen molar-refractivity contribution in [2.75, 3.05) is 33.4 Å². The highest BCUT2D eigenvalue weighted by molar-refractivity contribution is 5.75. The fraction of sp³-hybridized carbons (Fsp3) is 0.556. The molecule has 1 heterocycles. The summed E-state index contributed by atoms with van der Waals surface area (Å²) in [5.74, 6) is -0.858. The van der Waals surface area contributed by atoms with Gasteiger partial charge in [0.25, 0.3) is 0 Å². The minimum Gasteiger partial charge on any atom is -0.481 e. The first-order valence-electron chi connectivity index (χ1n) is 8.50. The summed E-state index contributed by atoms with van der Waals surface area (Å²) in [4.78, 5) is 24.9. The number of hydrogen-bond donors (Lipinski definition) is 2. The van der Waals surface area contributed by atoms with Crippen LogP contribution >= 0.6 is 0 Å². The number of carbonyl (C=O) groups excluding carboxylic acids is 1. The number of rotatable bonds is 10. The van der Waals surface area contributed by atoms with Gasteiger partial charge in [-0.1, -0.05) is 30.3 Å². The van der Waals surface area contributed by atoms with Gasteiger partial charge in [-0.15, -0.1) is 0 Å². The number of nitrogens with zero attached hydrogens (tertiary/aromatic N) is 1. The Bertz CT molecular complexity index is 546. The number of aliphatic carboxylic acids is 1. The highest BCUT2D eigenvalue weighted by Crippen LogP contribution is 2.14. The summed E-state index contributed by atoms with van der Waals surface area (Å²) in [7, 11) is 1.62. The number of benzene rings is 1. The predicted octanol–water partition coefficient (Wildman–Crippen LogP) is 1.52. The maximum absolute atomic E-state index is 12.3. The van der Waals surface area contributed by atoms with Crippen molar-refractivity contribution in [2.24, 2.45) is 0 Å². The lowest BCUT2D eigenvalue weighted by molar-refractivity contribution is -0.137. The molecule has 7 nitrogen and oxygen atoms in total. The van der Waals surface area contributed by atoms with Crippen LogP contribution in [0.2, 0.25) is 0 Å². The second-order valence-corrected chi connectivity index (χ2v) is 6.16. The number of likely N-dealkylation sites (tertiary alicyclic amines) is 1. The van der Waals surface area contributed by atoms with E-state index in [1.807, 2.05) is 30.3 Å². The largest absolute Gasteiger partial charge is 0.481 e. The molecule has 1 aromatic rings. The molecule has 7 heteroatoms. The molecule has 1 aliphatic heterocycles. The summed E-state index contributed by atoms with van der Waals surface area (Å²) in [6.45, 7) is 2.15. The SMILES string of the molecule is COCCOC1CN(C(=O)NC(CCC(=O)O)Cc2ccccc2)C1. The van der Waals surface area contributed by atoms with Gasteiger partial charge in [-0.2, -0.15) is 0 Å². The highest BCUT2D eigenvalue weighted by Gasteiger charge is 2.32. The van der Waals surface area contributed by atoms with Crippen LogP contribution in [0, 0.1) is 0 Å². The number of amides is 2. The van der Waals surface area contributed by atoms with E-state index in [9.17, 15) is 9.59 Å². The van der Waals surface area contributed by atoms with Gasteiger partial charge in [-0.3, -0.25) is 4.79 Å². The molecular weight excluding hydrogens is 324 g/mol. The molecule has 0 bridgehead atoms. The molecule has 1 unspecified atom stereocenters. The van der Waals surface area contributed by atoms with Crippen molar-refractivity contribution in [3.63, 3.8) is 0 Å². The van der Waals surface area contributed by atoms with Gasteiger partial charge in [0.15, 0.2) is 0 Å². The number of carboxylic acids is 1. The average molecular weight is 350 g/mol. The third kappa shape index (κ3) is 6.72. The molecule has 1 saturated heterocycles. The van der Waals surface area contributed by atoms with Gasteiger partial charge in [0, 0.05) is 19.6 Å². The first kappa shape index (κ1) is 19.2. The van der Waals surface area contributed by atoms with Crippen LogP contribution in [-0.2, 0) is 20.7 Å². The monoisotopic (exact) mass is 350 g/mol. The normalized spacial score (nSPS) is 15.5. The summed E-state index contributed by atoms with van der Waals surface area (Å²) in [6.07, 6.45) is 1.09. The smallest absolute Gasteiger partial charge is 0.317 e. The minimum atomic E-state index is -0.858. The Hall–Kier alpha value is -2.12. The Morgan fingerprint density at radius 2 is 2.00 bits per heavy atom. The standard InChI is InChI=1S/C18H26N2O5/c1-24-9-10-25-16-12-20(13-16)18(23)19-15(7-8-17(21)22)11-14-5-3-2-4-6-14/h2-6,15-16H,7-13H2,1H3,(H,19,23)(H,21,22).